The normalized spacial score (nSPS) is 12.5. The fourth-order valence-electron chi connectivity index (χ4n) is 5.98. The van der Waals surface area contributed by atoms with Gasteiger partial charge in [0.2, 0.25) is 0 Å². The minimum atomic E-state index is 0.846. The van der Waals surface area contributed by atoms with Crippen molar-refractivity contribution in [2.24, 2.45) is 0 Å². The number of para-hydroxylation sites is 1. The quantitative estimate of drug-likeness (QED) is 0.234. The van der Waals surface area contributed by atoms with Crippen LogP contribution in [0.25, 0.3) is 72.9 Å². The Bertz CT molecular complexity index is 2040. The molecular formula is C38H24O2. The Morgan fingerprint density at radius 3 is 2.40 bits per heavy atom. The van der Waals surface area contributed by atoms with Gasteiger partial charge in [-0.3, -0.25) is 0 Å². The van der Waals surface area contributed by atoms with Crippen LogP contribution in [0.2, 0.25) is 0 Å². The summed E-state index contributed by atoms with van der Waals surface area (Å²) in [6.45, 7) is 0. The van der Waals surface area contributed by atoms with E-state index in [-0.39, 0.29) is 0 Å². The van der Waals surface area contributed by atoms with Gasteiger partial charge in [-0.05, 0) is 60.4 Å². The maximum atomic E-state index is 6.90. The fraction of sp³-hybridized carbons (Fsp3) is 0.0526. The molecule has 0 saturated heterocycles. The molecule has 2 aromatic heterocycles. The maximum Gasteiger partial charge on any atom is 0.144 e. The van der Waals surface area contributed by atoms with E-state index in [1.165, 1.54) is 16.7 Å². The number of hydrogen-bond donors (Lipinski definition) is 0. The molecule has 2 nitrogen and oxygen atoms in total. The summed E-state index contributed by atoms with van der Waals surface area (Å²) in [5.74, 6) is 1.80. The first-order valence-corrected chi connectivity index (χ1v) is 13.7. The molecule has 0 N–H and O–H groups in total. The summed E-state index contributed by atoms with van der Waals surface area (Å²) in [7, 11) is 0. The zero-order chi connectivity index (χ0) is 26.5. The standard InChI is InChI=1S/C38H24O2/c1-3-12-25(13-4-1)27-16-11-17-28(24-27)36-30-19-7-8-20-31(30)37(40-36)33-23-22-32-29-18-9-10-21-34(29)39-38(32)35(33)26-14-5-2-6-15-26/h1-5,7,9-14,16-19,21-24H,8,20H2. The minimum absolute atomic E-state index is 0.846. The number of furan rings is 2. The van der Waals surface area contributed by atoms with Gasteiger partial charge in [0.05, 0.1) is 0 Å². The van der Waals surface area contributed by atoms with E-state index in [1.54, 1.807) is 0 Å². The summed E-state index contributed by atoms with van der Waals surface area (Å²) in [5.41, 5.74) is 10.5. The molecule has 0 saturated carbocycles. The number of allylic oxidation sites excluding steroid dienone is 1. The predicted octanol–water partition coefficient (Wildman–Crippen LogP) is 10.4. The van der Waals surface area contributed by atoms with Gasteiger partial charge >= 0.3 is 0 Å². The zero-order valence-corrected chi connectivity index (χ0v) is 21.8. The Balaban J connectivity index is 1.38. The van der Waals surface area contributed by atoms with Crippen LogP contribution in [0.15, 0.2) is 124 Å². The highest BCUT2D eigenvalue weighted by molar-refractivity contribution is 6.12. The second-order valence-electron chi connectivity index (χ2n) is 10.2. The average molecular weight is 513 g/mol. The second kappa shape index (κ2) is 9.19. The van der Waals surface area contributed by atoms with Crippen molar-refractivity contribution in [3.8, 4) is 44.9 Å². The van der Waals surface area contributed by atoms with Crippen LogP contribution in [-0.4, -0.2) is 0 Å². The lowest BCUT2D eigenvalue weighted by Gasteiger charge is -2.11. The van der Waals surface area contributed by atoms with E-state index >= 15 is 0 Å². The Kier molecular flexibility index (Phi) is 5.21. The van der Waals surface area contributed by atoms with E-state index in [9.17, 15) is 0 Å². The number of benzene rings is 4. The molecule has 8 rings (SSSR count). The van der Waals surface area contributed by atoms with Gasteiger partial charge in [0.1, 0.15) is 22.7 Å². The highest BCUT2D eigenvalue weighted by Gasteiger charge is 2.26. The Hall–Kier alpha value is -5.26. The molecule has 1 aliphatic carbocycles. The third-order valence-electron chi connectivity index (χ3n) is 7.84. The molecule has 0 fully saturated rings. The zero-order valence-electron chi connectivity index (χ0n) is 21.8. The van der Waals surface area contributed by atoms with Crippen molar-refractivity contribution in [3.05, 3.63) is 139 Å². The molecule has 2 heterocycles. The van der Waals surface area contributed by atoms with Gasteiger partial charge in [0.25, 0.3) is 0 Å². The largest absolute Gasteiger partial charge is 0.455 e. The molecule has 7 aromatic rings. The minimum Gasteiger partial charge on any atom is -0.455 e. The summed E-state index contributed by atoms with van der Waals surface area (Å²) in [6, 6.07) is 44.1. The molecule has 0 atom stereocenters. The first kappa shape index (κ1) is 22.7. The first-order chi connectivity index (χ1) is 19.8. The van der Waals surface area contributed by atoms with Crippen molar-refractivity contribution < 1.29 is 8.83 Å². The summed E-state index contributed by atoms with van der Waals surface area (Å²) in [5, 5.41) is 2.19. The van der Waals surface area contributed by atoms with Crippen LogP contribution in [0.1, 0.15) is 17.5 Å². The topological polar surface area (TPSA) is 26.3 Å². The highest BCUT2D eigenvalue weighted by atomic mass is 16.3. The molecule has 0 radical (unpaired) electrons. The average Bonchev–Trinajstić information content (AvgIpc) is 3.60. The van der Waals surface area contributed by atoms with Gasteiger partial charge in [0.15, 0.2) is 0 Å². The van der Waals surface area contributed by atoms with Crippen LogP contribution in [0, 0.1) is 12.1 Å². The van der Waals surface area contributed by atoms with Crippen LogP contribution in [0.4, 0.5) is 0 Å². The van der Waals surface area contributed by atoms with E-state index in [0.29, 0.717) is 0 Å². The Morgan fingerprint density at radius 1 is 0.650 bits per heavy atom. The summed E-state index contributed by atoms with van der Waals surface area (Å²) < 4.78 is 13.4. The van der Waals surface area contributed by atoms with E-state index in [2.05, 4.69) is 103 Å². The van der Waals surface area contributed by atoms with Gasteiger partial charge in [-0.15, -0.1) is 0 Å². The summed E-state index contributed by atoms with van der Waals surface area (Å²) in [4.78, 5) is 0. The van der Waals surface area contributed by atoms with E-state index in [4.69, 9.17) is 8.83 Å². The van der Waals surface area contributed by atoms with Gasteiger partial charge in [-0.2, -0.15) is 0 Å². The van der Waals surface area contributed by atoms with Crippen LogP contribution in [0.3, 0.4) is 0 Å². The monoisotopic (exact) mass is 512 g/mol. The van der Waals surface area contributed by atoms with Gasteiger partial charge in [0, 0.05) is 44.2 Å². The van der Waals surface area contributed by atoms with E-state index in [1.807, 2.05) is 30.3 Å². The number of hydrogen-bond acceptors (Lipinski definition) is 2. The lowest BCUT2D eigenvalue weighted by atomic mass is 9.90. The van der Waals surface area contributed by atoms with Gasteiger partial charge in [-0.1, -0.05) is 97.1 Å². The second-order valence-corrected chi connectivity index (χ2v) is 10.2. The fourth-order valence-corrected chi connectivity index (χ4v) is 5.98. The van der Waals surface area contributed by atoms with Crippen molar-refractivity contribution in [2.45, 2.75) is 12.8 Å². The third kappa shape index (κ3) is 3.60. The molecule has 0 bridgehead atoms. The molecule has 40 heavy (non-hydrogen) atoms. The molecule has 0 aliphatic heterocycles. The lowest BCUT2D eigenvalue weighted by molar-refractivity contribution is 0.594. The maximum absolute atomic E-state index is 6.90. The van der Waals surface area contributed by atoms with Crippen molar-refractivity contribution >= 4 is 28.0 Å². The molecule has 5 aromatic carbocycles. The van der Waals surface area contributed by atoms with Gasteiger partial charge < -0.3 is 8.83 Å². The SMILES string of the molecule is c1cccc(-c2c(-c3oc(-c4cccc(-c5ccccc5)c4)c4c3CCC=C4)ccc3c2oc2ccccc23)c#1. The molecular weight excluding hydrogens is 488 g/mol. The third-order valence-corrected chi connectivity index (χ3v) is 7.84. The molecule has 0 amide bonds. The van der Waals surface area contributed by atoms with Crippen LogP contribution in [-0.2, 0) is 6.42 Å². The van der Waals surface area contributed by atoms with Crippen molar-refractivity contribution in [1.29, 1.82) is 0 Å². The van der Waals surface area contributed by atoms with Crippen molar-refractivity contribution in [3.63, 3.8) is 0 Å². The predicted molar refractivity (Wildman–Crippen MR) is 163 cm³/mol. The smallest absolute Gasteiger partial charge is 0.144 e. The first-order valence-electron chi connectivity index (χ1n) is 13.7. The highest BCUT2D eigenvalue weighted by Crippen LogP contribution is 2.47. The van der Waals surface area contributed by atoms with Crippen LogP contribution in [0.5, 0.6) is 0 Å². The van der Waals surface area contributed by atoms with Crippen molar-refractivity contribution in [1.82, 2.24) is 0 Å². The number of rotatable bonds is 4. The molecule has 0 unspecified atom stereocenters. The molecule has 0 spiro atoms. The molecule has 1 aliphatic rings. The van der Waals surface area contributed by atoms with Crippen LogP contribution < -0.4 is 0 Å². The Morgan fingerprint density at radius 2 is 1.50 bits per heavy atom. The number of fused-ring (bicyclic) bond motifs is 4. The summed E-state index contributed by atoms with van der Waals surface area (Å²) in [6.07, 6.45) is 6.37. The molecule has 2 heteroatoms. The lowest BCUT2D eigenvalue weighted by Crippen LogP contribution is -1.94. The van der Waals surface area contributed by atoms with Crippen LogP contribution >= 0.6 is 0 Å². The van der Waals surface area contributed by atoms with Crippen molar-refractivity contribution in [2.75, 3.05) is 0 Å². The van der Waals surface area contributed by atoms with E-state index in [0.717, 1.165) is 74.1 Å². The van der Waals surface area contributed by atoms with E-state index < -0.39 is 0 Å². The molecule has 188 valence electrons. The Labute approximate surface area is 232 Å². The summed E-state index contributed by atoms with van der Waals surface area (Å²) >= 11 is 0. The van der Waals surface area contributed by atoms with Gasteiger partial charge in [-0.25, -0.2) is 0 Å².